The molecule has 2 N–H and O–H groups in total. The van der Waals surface area contributed by atoms with Gasteiger partial charge in [-0.15, -0.1) is 11.3 Å². The molecule has 1 atom stereocenters. The molecule has 2 aromatic heterocycles. The van der Waals surface area contributed by atoms with Crippen molar-refractivity contribution in [2.75, 3.05) is 11.9 Å². The molecule has 0 spiro atoms. The summed E-state index contributed by atoms with van der Waals surface area (Å²) in [7, 11) is 0. The van der Waals surface area contributed by atoms with Crippen LogP contribution in [0.1, 0.15) is 30.5 Å². The minimum Gasteiger partial charge on any atom is -0.370 e. The Morgan fingerprint density at radius 1 is 1.27 bits per heavy atom. The first-order valence-electron chi connectivity index (χ1n) is 9.76. The van der Waals surface area contributed by atoms with E-state index in [2.05, 4.69) is 20.3 Å². The number of hydrogen-bond acceptors (Lipinski definition) is 5. The third-order valence-electron chi connectivity index (χ3n) is 5.02. The van der Waals surface area contributed by atoms with E-state index in [9.17, 15) is 4.79 Å². The average Bonchev–Trinajstić information content (AvgIpc) is 3.48. The predicted octanol–water partition coefficient (Wildman–Crippen LogP) is 5.37. The van der Waals surface area contributed by atoms with Crippen molar-refractivity contribution in [3.8, 4) is 10.6 Å². The van der Waals surface area contributed by atoms with E-state index in [-0.39, 0.29) is 18.4 Å². The van der Waals surface area contributed by atoms with E-state index in [4.69, 9.17) is 16.3 Å². The third-order valence-corrected chi connectivity index (χ3v) is 6.27. The number of hydrogen-bond donors (Lipinski definition) is 2. The van der Waals surface area contributed by atoms with Crippen LogP contribution in [-0.4, -0.2) is 27.5 Å². The van der Waals surface area contributed by atoms with Gasteiger partial charge in [0.05, 0.1) is 28.2 Å². The lowest BCUT2D eigenvalue weighted by atomic mass is 10.2. The van der Waals surface area contributed by atoms with Gasteiger partial charge in [-0.25, -0.2) is 9.97 Å². The number of ether oxygens (including phenoxy) is 1. The molecule has 1 fully saturated rings. The van der Waals surface area contributed by atoms with Crippen molar-refractivity contribution in [3.63, 3.8) is 0 Å². The van der Waals surface area contributed by atoms with Crippen molar-refractivity contribution in [2.24, 2.45) is 0 Å². The summed E-state index contributed by atoms with van der Waals surface area (Å²) in [6.07, 6.45) is 2.27. The molecule has 30 heavy (non-hydrogen) atoms. The quantitative estimate of drug-likeness (QED) is 0.438. The fourth-order valence-electron chi connectivity index (χ4n) is 3.57. The minimum atomic E-state index is -0.121. The Kier molecular flexibility index (Phi) is 5.25. The lowest BCUT2D eigenvalue weighted by molar-refractivity contribution is -0.115. The Labute approximate surface area is 182 Å². The maximum Gasteiger partial charge on any atom is 0.230 e. The average molecular weight is 439 g/mol. The number of anilines is 1. The van der Waals surface area contributed by atoms with Crippen molar-refractivity contribution < 1.29 is 9.53 Å². The van der Waals surface area contributed by atoms with Gasteiger partial charge in [0, 0.05) is 23.2 Å². The van der Waals surface area contributed by atoms with E-state index >= 15 is 0 Å². The molecule has 3 heterocycles. The number of aromatic nitrogens is 3. The van der Waals surface area contributed by atoms with Gasteiger partial charge in [-0.2, -0.15) is 0 Å². The van der Waals surface area contributed by atoms with Crippen LogP contribution in [0.15, 0.2) is 47.8 Å². The lowest BCUT2D eigenvalue weighted by Gasteiger charge is -2.04. The fraction of sp³-hybridized carbons (Fsp3) is 0.227. The zero-order valence-corrected chi connectivity index (χ0v) is 17.6. The summed E-state index contributed by atoms with van der Waals surface area (Å²) < 4.78 is 5.69. The normalized spacial score (nSPS) is 16.2. The van der Waals surface area contributed by atoms with E-state index in [0.29, 0.717) is 5.02 Å². The molecular formula is C22H19ClN4O2S. The number of carbonyl (C=O) groups is 1. The summed E-state index contributed by atoms with van der Waals surface area (Å²) in [6, 6.07) is 13.2. The van der Waals surface area contributed by atoms with E-state index in [1.807, 2.05) is 47.8 Å². The maximum atomic E-state index is 12.5. The summed E-state index contributed by atoms with van der Waals surface area (Å²) in [6.45, 7) is 0.776. The van der Waals surface area contributed by atoms with Crippen LogP contribution in [0.4, 0.5) is 5.69 Å². The molecule has 1 amide bonds. The van der Waals surface area contributed by atoms with Crippen molar-refractivity contribution >= 4 is 45.6 Å². The number of thiazole rings is 1. The summed E-state index contributed by atoms with van der Waals surface area (Å²) in [5.74, 6) is 0.727. The molecule has 1 aliphatic rings. The second kappa shape index (κ2) is 8.18. The van der Waals surface area contributed by atoms with Gasteiger partial charge in [0.2, 0.25) is 5.91 Å². The molecule has 1 saturated heterocycles. The highest BCUT2D eigenvalue weighted by Gasteiger charge is 2.21. The molecule has 8 heteroatoms. The van der Waals surface area contributed by atoms with Crippen LogP contribution in [-0.2, 0) is 16.0 Å². The summed E-state index contributed by atoms with van der Waals surface area (Å²) in [5, 5.41) is 6.30. The SMILES string of the molecule is O=C(Cc1csc(-c2ccccc2Cl)n1)Nc1ccc2nc(C3CCCO3)[nH]c2c1. The topological polar surface area (TPSA) is 79.9 Å². The van der Waals surface area contributed by atoms with Crippen molar-refractivity contribution in [1.82, 2.24) is 15.0 Å². The van der Waals surface area contributed by atoms with E-state index in [1.54, 1.807) is 0 Å². The van der Waals surface area contributed by atoms with E-state index in [1.165, 1.54) is 11.3 Å². The Bertz CT molecular complexity index is 1210. The molecule has 152 valence electrons. The summed E-state index contributed by atoms with van der Waals surface area (Å²) in [4.78, 5) is 25.0. The predicted molar refractivity (Wildman–Crippen MR) is 119 cm³/mol. The van der Waals surface area contributed by atoms with Crippen LogP contribution in [0.25, 0.3) is 21.6 Å². The number of benzene rings is 2. The molecule has 1 aliphatic heterocycles. The number of carbonyl (C=O) groups excluding carboxylic acids is 1. The highest BCUT2D eigenvalue weighted by atomic mass is 35.5. The standard InChI is InChI=1S/C22H19ClN4O2S/c23-16-5-2-1-4-15(16)22-25-14(12-30-22)11-20(28)24-13-7-8-17-18(10-13)27-21(26-17)19-6-3-9-29-19/h1-2,4-5,7-8,10,12,19H,3,6,9,11H2,(H,24,28)(H,26,27). The highest BCUT2D eigenvalue weighted by Crippen LogP contribution is 2.31. The zero-order valence-electron chi connectivity index (χ0n) is 16.0. The first-order chi connectivity index (χ1) is 14.7. The fourth-order valence-corrected chi connectivity index (χ4v) is 4.71. The number of fused-ring (bicyclic) bond motifs is 1. The van der Waals surface area contributed by atoms with Gasteiger partial charge in [0.25, 0.3) is 0 Å². The molecule has 1 unspecified atom stereocenters. The van der Waals surface area contributed by atoms with Gasteiger partial charge in [0.15, 0.2) is 0 Å². The van der Waals surface area contributed by atoms with Crippen molar-refractivity contribution in [3.05, 3.63) is 64.4 Å². The van der Waals surface area contributed by atoms with Gasteiger partial charge in [-0.3, -0.25) is 4.79 Å². The van der Waals surface area contributed by atoms with Crippen molar-refractivity contribution in [2.45, 2.75) is 25.4 Å². The van der Waals surface area contributed by atoms with E-state index < -0.39 is 0 Å². The van der Waals surface area contributed by atoms with Gasteiger partial charge < -0.3 is 15.0 Å². The molecule has 5 rings (SSSR count). The first kappa shape index (κ1) is 19.2. The Morgan fingerprint density at radius 2 is 2.17 bits per heavy atom. The first-order valence-corrected chi connectivity index (χ1v) is 11.0. The van der Waals surface area contributed by atoms with Gasteiger partial charge in [-0.05, 0) is 37.1 Å². The summed E-state index contributed by atoms with van der Waals surface area (Å²) >= 11 is 7.72. The number of imidazole rings is 1. The molecule has 4 aromatic rings. The highest BCUT2D eigenvalue weighted by molar-refractivity contribution is 7.13. The van der Waals surface area contributed by atoms with Crippen LogP contribution in [0.2, 0.25) is 5.02 Å². The van der Waals surface area contributed by atoms with Crippen LogP contribution in [0.5, 0.6) is 0 Å². The van der Waals surface area contributed by atoms with Gasteiger partial charge in [-0.1, -0.05) is 29.8 Å². The largest absolute Gasteiger partial charge is 0.370 e. The zero-order chi connectivity index (χ0) is 20.5. The molecule has 2 aromatic carbocycles. The van der Waals surface area contributed by atoms with Crippen LogP contribution >= 0.6 is 22.9 Å². The number of nitrogens with one attached hydrogen (secondary N) is 2. The molecule has 6 nitrogen and oxygen atoms in total. The van der Waals surface area contributed by atoms with Gasteiger partial charge in [0.1, 0.15) is 16.9 Å². The molecule has 0 radical (unpaired) electrons. The minimum absolute atomic E-state index is 0.0346. The van der Waals surface area contributed by atoms with Crippen LogP contribution in [0.3, 0.4) is 0 Å². The Hall–Kier alpha value is -2.74. The number of amides is 1. The molecule has 0 saturated carbocycles. The number of rotatable bonds is 5. The van der Waals surface area contributed by atoms with Crippen LogP contribution in [0, 0.1) is 0 Å². The number of halogens is 1. The van der Waals surface area contributed by atoms with Gasteiger partial charge >= 0.3 is 0 Å². The second-order valence-corrected chi connectivity index (χ2v) is 8.47. The van der Waals surface area contributed by atoms with Crippen LogP contribution < -0.4 is 5.32 Å². The van der Waals surface area contributed by atoms with E-state index in [0.717, 1.165) is 58.3 Å². The molecule has 0 aliphatic carbocycles. The number of nitrogens with zero attached hydrogens (tertiary/aromatic N) is 2. The number of aromatic amines is 1. The Balaban J connectivity index is 1.27. The lowest BCUT2D eigenvalue weighted by Crippen LogP contribution is -2.14. The smallest absolute Gasteiger partial charge is 0.230 e. The third kappa shape index (κ3) is 3.96. The van der Waals surface area contributed by atoms with Crippen molar-refractivity contribution in [1.29, 1.82) is 0 Å². The Morgan fingerprint density at radius 3 is 3.00 bits per heavy atom. The summed E-state index contributed by atoms with van der Waals surface area (Å²) in [5.41, 5.74) is 4.06. The molecular weight excluding hydrogens is 420 g/mol. The monoisotopic (exact) mass is 438 g/mol. The molecule has 0 bridgehead atoms. The number of H-pyrrole nitrogens is 1. The maximum absolute atomic E-state index is 12.5. The second-order valence-electron chi connectivity index (χ2n) is 7.20.